The second kappa shape index (κ2) is 7.10. The van der Waals surface area contributed by atoms with Crippen molar-refractivity contribution < 1.29 is 17.2 Å². The van der Waals surface area contributed by atoms with Crippen molar-refractivity contribution in [3.63, 3.8) is 0 Å². The van der Waals surface area contributed by atoms with Crippen molar-refractivity contribution >= 4 is 10.0 Å². The molecule has 0 unspecified atom stereocenters. The number of nitrogens with two attached hydrogens (primary N) is 1. The second-order valence-electron chi connectivity index (χ2n) is 4.45. The SMILES string of the molecule is CCC(CC)N(CCN)S(=O)(=O)c1ccc(F)cc1F. The van der Waals surface area contributed by atoms with Crippen LogP contribution in [0.1, 0.15) is 26.7 Å². The van der Waals surface area contributed by atoms with Crippen LogP contribution in [0.15, 0.2) is 23.1 Å². The fourth-order valence-corrected chi connectivity index (χ4v) is 3.97. The molecule has 7 heteroatoms. The molecule has 0 atom stereocenters. The predicted octanol–water partition coefficient (Wildman–Crippen LogP) is 2.10. The van der Waals surface area contributed by atoms with E-state index in [1.807, 2.05) is 13.8 Å². The maximum atomic E-state index is 13.7. The van der Waals surface area contributed by atoms with Crippen molar-refractivity contribution in [2.24, 2.45) is 5.73 Å². The van der Waals surface area contributed by atoms with Gasteiger partial charge in [-0.15, -0.1) is 0 Å². The Morgan fingerprint density at radius 1 is 1.25 bits per heavy atom. The summed E-state index contributed by atoms with van der Waals surface area (Å²) in [5, 5.41) is 0. The molecule has 4 nitrogen and oxygen atoms in total. The molecule has 1 rings (SSSR count). The van der Waals surface area contributed by atoms with Gasteiger partial charge < -0.3 is 5.73 Å². The molecule has 1 aromatic rings. The average Bonchev–Trinajstić information content (AvgIpc) is 2.38. The van der Waals surface area contributed by atoms with Crippen molar-refractivity contribution in [2.45, 2.75) is 37.6 Å². The van der Waals surface area contributed by atoms with Crippen molar-refractivity contribution in [2.75, 3.05) is 13.1 Å². The van der Waals surface area contributed by atoms with Gasteiger partial charge in [0.1, 0.15) is 16.5 Å². The van der Waals surface area contributed by atoms with Gasteiger partial charge in [-0.2, -0.15) is 4.31 Å². The zero-order valence-electron chi connectivity index (χ0n) is 11.6. The fourth-order valence-electron chi connectivity index (χ4n) is 2.13. The number of hydrogen-bond acceptors (Lipinski definition) is 3. The predicted molar refractivity (Wildman–Crippen MR) is 73.7 cm³/mol. The number of rotatable bonds is 7. The average molecular weight is 306 g/mol. The molecule has 0 bridgehead atoms. The first-order valence-electron chi connectivity index (χ1n) is 6.55. The van der Waals surface area contributed by atoms with Crippen molar-refractivity contribution in [3.8, 4) is 0 Å². The largest absolute Gasteiger partial charge is 0.329 e. The Balaban J connectivity index is 3.28. The van der Waals surface area contributed by atoms with E-state index in [1.54, 1.807) is 0 Å². The summed E-state index contributed by atoms with van der Waals surface area (Å²) in [6.07, 6.45) is 1.19. The van der Waals surface area contributed by atoms with Crippen LogP contribution in [0.3, 0.4) is 0 Å². The third kappa shape index (κ3) is 3.53. The van der Waals surface area contributed by atoms with Crippen LogP contribution in [0.25, 0.3) is 0 Å². The Kier molecular flexibility index (Phi) is 6.04. The highest BCUT2D eigenvalue weighted by molar-refractivity contribution is 7.89. The lowest BCUT2D eigenvalue weighted by molar-refractivity contribution is 0.308. The van der Waals surface area contributed by atoms with Crippen LogP contribution in [-0.4, -0.2) is 31.9 Å². The van der Waals surface area contributed by atoms with Crippen LogP contribution in [0.4, 0.5) is 8.78 Å². The summed E-state index contributed by atoms with van der Waals surface area (Å²) in [5.41, 5.74) is 5.45. The molecule has 0 aromatic heterocycles. The van der Waals surface area contributed by atoms with Crippen LogP contribution >= 0.6 is 0 Å². The van der Waals surface area contributed by atoms with Crippen molar-refractivity contribution in [1.82, 2.24) is 4.31 Å². The van der Waals surface area contributed by atoms with Crippen LogP contribution in [0.5, 0.6) is 0 Å². The summed E-state index contributed by atoms with van der Waals surface area (Å²) in [6, 6.07) is 2.20. The highest BCUT2D eigenvalue weighted by Crippen LogP contribution is 2.23. The summed E-state index contributed by atoms with van der Waals surface area (Å²) < 4.78 is 52.9. The molecular weight excluding hydrogens is 286 g/mol. The van der Waals surface area contributed by atoms with Gasteiger partial charge in [-0.3, -0.25) is 0 Å². The second-order valence-corrected chi connectivity index (χ2v) is 6.31. The lowest BCUT2D eigenvalue weighted by atomic mass is 10.2. The van der Waals surface area contributed by atoms with Gasteiger partial charge in [0.25, 0.3) is 0 Å². The molecule has 0 saturated carbocycles. The van der Waals surface area contributed by atoms with Crippen LogP contribution in [0.2, 0.25) is 0 Å². The molecule has 0 spiro atoms. The summed E-state index contributed by atoms with van der Waals surface area (Å²) >= 11 is 0. The Morgan fingerprint density at radius 2 is 1.85 bits per heavy atom. The topological polar surface area (TPSA) is 63.4 Å². The van der Waals surface area contributed by atoms with E-state index in [-0.39, 0.29) is 19.1 Å². The van der Waals surface area contributed by atoms with E-state index in [0.717, 1.165) is 12.1 Å². The molecule has 0 aliphatic rings. The summed E-state index contributed by atoms with van der Waals surface area (Å²) in [4.78, 5) is -0.515. The van der Waals surface area contributed by atoms with E-state index in [4.69, 9.17) is 5.73 Å². The normalized spacial score (nSPS) is 12.3. The Labute approximate surface area is 118 Å². The highest BCUT2D eigenvalue weighted by Gasteiger charge is 2.31. The van der Waals surface area contributed by atoms with Crippen molar-refractivity contribution in [1.29, 1.82) is 0 Å². The third-order valence-electron chi connectivity index (χ3n) is 3.18. The third-order valence-corrected chi connectivity index (χ3v) is 5.16. The Hall–Kier alpha value is -1.05. The molecule has 0 aliphatic heterocycles. The minimum atomic E-state index is -4.02. The number of benzene rings is 1. The first-order valence-corrected chi connectivity index (χ1v) is 7.99. The first kappa shape index (κ1) is 17.0. The smallest absolute Gasteiger partial charge is 0.246 e. The summed E-state index contributed by atoms with van der Waals surface area (Å²) in [6.45, 7) is 3.95. The number of halogens is 2. The standard InChI is InChI=1S/C13H20F2N2O2S/c1-3-11(4-2)17(8-7-16)20(18,19)13-6-5-10(14)9-12(13)15/h5-6,9,11H,3-4,7-8,16H2,1-2H3. The van der Waals surface area contributed by atoms with Gasteiger partial charge in [0, 0.05) is 25.2 Å². The molecule has 0 fully saturated rings. The first-order chi connectivity index (χ1) is 9.38. The van der Waals surface area contributed by atoms with Gasteiger partial charge in [-0.1, -0.05) is 13.8 Å². The molecule has 0 aliphatic carbocycles. The van der Waals surface area contributed by atoms with Gasteiger partial charge in [0.15, 0.2) is 0 Å². The van der Waals surface area contributed by atoms with E-state index in [9.17, 15) is 17.2 Å². The minimum Gasteiger partial charge on any atom is -0.329 e. The zero-order chi connectivity index (χ0) is 15.3. The van der Waals surface area contributed by atoms with E-state index < -0.39 is 26.6 Å². The van der Waals surface area contributed by atoms with E-state index in [2.05, 4.69) is 0 Å². The zero-order valence-corrected chi connectivity index (χ0v) is 12.5. The van der Waals surface area contributed by atoms with Crippen molar-refractivity contribution in [3.05, 3.63) is 29.8 Å². The van der Waals surface area contributed by atoms with E-state index in [1.165, 1.54) is 4.31 Å². The molecule has 0 amide bonds. The molecular formula is C13H20F2N2O2S. The van der Waals surface area contributed by atoms with Gasteiger partial charge in [-0.25, -0.2) is 17.2 Å². The lowest BCUT2D eigenvalue weighted by Gasteiger charge is -2.29. The minimum absolute atomic E-state index is 0.103. The molecule has 20 heavy (non-hydrogen) atoms. The van der Waals surface area contributed by atoms with Crippen LogP contribution in [0, 0.1) is 11.6 Å². The van der Waals surface area contributed by atoms with Crippen LogP contribution < -0.4 is 5.73 Å². The number of nitrogens with zero attached hydrogens (tertiary/aromatic N) is 1. The van der Waals surface area contributed by atoms with Gasteiger partial charge >= 0.3 is 0 Å². The summed E-state index contributed by atoms with van der Waals surface area (Å²) in [7, 11) is -4.02. The molecule has 114 valence electrons. The number of hydrogen-bond donors (Lipinski definition) is 1. The lowest BCUT2D eigenvalue weighted by Crippen LogP contribution is -2.42. The summed E-state index contributed by atoms with van der Waals surface area (Å²) in [5.74, 6) is -1.90. The molecule has 2 N–H and O–H groups in total. The van der Waals surface area contributed by atoms with E-state index in [0.29, 0.717) is 18.9 Å². The maximum absolute atomic E-state index is 13.7. The molecule has 0 heterocycles. The highest BCUT2D eigenvalue weighted by atomic mass is 32.2. The number of sulfonamides is 1. The van der Waals surface area contributed by atoms with Gasteiger partial charge in [-0.05, 0) is 25.0 Å². The maximum Gasteiger partial charge on any atom is 0.246 e. The molecule has 0 saturated heterocycles. The Morgan fingerprint density at radius 3 is 2.30 bits per heavy atom. The molecule has 0 radical (unpaired) electrons. The molecule has 1 aromatic carbocycles. The quantitative estimate of drug-likeness (QED) is 0.839. The fraction of sp³-hybridized carbons (Fsp3) is 0.538. The monoisotopic (exact) mass is 306 g/mol. The van der Waals surface area contributed by atoms with Gasteiger partial charge in [0.05, 0.1) is 0 Å². The van der Waals surface area contributed by atoms with Gasteiger partial charge in [0.2, 0.25) is 10.0 Å². The van der Waals surface area contributed by atoms with E-state index >= 15 is 0 Å². The Bertz CT molecular complexity index is 545. The van der Waals surface area contributed by atoms with Crippen LogP contribution in [-0.2, 0) is 10.0 Å².